The zero-order valence-corrected chi connectivity index (χ0v) is 9.34. The minimum absolute atomic E-state index is 0.746. The summed E-state index contributed by atoms with van der Waals surface area (Å²) >= 11 is 5.11. The zero-order chi connectivity index (χ0) is 11.0. The van der Waals surface area contributed by atoms with E-state index in [0.717, 1.165) is 21.4 Å². The van der Waals surface area contributed by atoms with Crippen molar-refractivity contribution in [1.82, 2.24) is 9.97 Å². The van der Waals surface area contributed by atoms with Crippen LogP contribution in [0.15, 0.2) is 48.7 Å². The number of nitrogens with one attached hydrogen (secondary N) is 2. The summed E-state index contributed by atoms with van der Waals surface area (Å²) in [7, 11) is 0. The van der Waals surface area contributed by atoms with Crippen LogP contribution in [0.25, 0.3) is 22.2 Å². The maximum atomic E-state index is 5.11. The van der Waals surface area contributed by atoms with Crippen LogP contribution in [0.2, 0.25) is 0 Å². The molecule has 0 fully saturated rings. The minimum Gasteiger partial charge on any atom is -0.355 e. The first-order valence-corrected chi connectivity index (χ1v) is 5.51. The van der Waals surface area contributed by atoms with E-state index in [1.165, 1.54) is 5.39 Å². The molecular weight excluding hydrogens is 216 g/mol. The molecule has 78 valence electrons. The van der Waals surface area contributed by atoms with Crippen LogP contribution in [0, 0.1) is 4.64 Å². The van der Waals surface area contributed by atoms with Gasteiger partial charge in [0.2, 0.25) is 0 Å². The van der Waals surface area contributed by atoms with Crippen LogP contribution in [0.5, 0.6) is 0 Å². The Labute approximate surface area is 98.0 Å². The normalized spacial score (nSPS) is 10.8. The molecule has 16 heavy (non-hydrogen) atoms. The SMILES string of the molecule is S=c1cc(-c2cc3ccccc3[nH]2)cc[nH]1. The molecule has 3 rings (SSSR count). The molecule has 0 aliphatic heterocycles. The lowest BCUT2D eigenvalue weighted by Gasteiger charge is -1.95. The lowest BCUT2D eigenvalue weighted by Crippen LogP contribution is -1.78. The molecule has 0 aliphatic carbocycles. The van der Waals surface area contributed by atoms with Gasteiger partial charge in [0, 0.05) is 28.4 Å². The van der Waals surface area contributed by atoms with Gasteiger partial charge in [-0.1, -0.05) is 30.4 Å². The van der Waals surface area contributed by atoms with Gasteiger partial charge in [-0.05, 0) is 24.3 Å². The molecule has 3 heteroatoms. The quantitative estimate of drug-likeness (QED) is 0.606. The zero-order valence-electron chi connectivity index (χ0n) is 8.53. The molecule has 0 spiro atoms. The summed E-state index contributed by atoms with van der Waals surface area (Å²) in [4.78, 5) is 6.35. The molecule has 0 saturated carbocycles. The van der Waals surface area contributed by atoms with E-state index in [0.29, 0.717) is 0 Å². The summed E-state index contributed by atoms with van der Waals surface area (Å²) in [6.45, 7) is 0. The number of para-hydroxylation sites is 1. The number of hydrogen-bond acceptors (Lipinski definition) is 1. The van der Waals surface area contributed by atoms with E-state index in [-0.39, 0.29) is 0 Å². The summed E-state index contributed by atoms with van der Waals surface area (Å²) in [5.41, 5.74) is 3.36. The molecule has 2 heterocycles. The molecule has 0 saturated heterocycles. The molecule has 0 bridgehead atoms. The molecule has 3 aromatic rings. The molecule has 1 aromatic carbocycles. The lowest BCUT2D eigenvalue weighted by molar-refractivity contribution is 1.29. The van der Waals surface area contributed by atoms with Crippen LogP contribution < -0.4 is 0 Å². The largest absolute Gasteiger partial charge is 0.355 e. The predicted molar refractivity (Wildman–Crippen MR) is 68.9 cm³/mol. The maximum Gasteiger partial charge on any atom is 0.103 e. The topological polar surface area (TPSA) is 31.6 Å². The number of fused-ring (bicyclic) bond motifs is 1. The third kappa shape index (κ3) is 1.55. The maximum absolute atomic E-state index is 5.11. The Bertz CT molecular complexity index is 661. The first-order chi connectivity index (χ1) is 7.83. The van der Waals surface area contributed by atoms with Gasteiger partial charge in [0.25, 0.3) is 0 Å². The lowest BCUT2D eigenvalue weighted by atomic mass is 10.2. The molecule has 2 N–H and O–H groups in total. The predicted octanol–water partition coefficient (Wildman–Crippen LogP) is 3.89. The molecular formula is C13H10N2S. The van der Waals surface area contributed by atoms with Gasteiger partial charge in [-0.15, -0.1) is 0 Å². The van der Waals surface area contributed by atoms with E-state index in [9.17, 15) is 0 Å². The second kappa shape index (κ2) is 3.61. The van der Waals surface area contributed by atoms with Crippen LogP contribution >= 0.6 is 12.2 Å². The number of aromatic amines is 2. The number of pyridine rings is 1. The van der Waals surface area contributed by atoms with E-state index in [1.807, 2.05) is 30.5 Å². The Morgan fingerprint density at radius 1 is 1.00 bits per heavy atom. The fourth-order valence-electron chi connectivity index (χ4n) is 1.84. The standard InChI is InChI=1S/C13H10N2S/c16-13-8-10(5-6-14-13)12-7-9-3-1-2-4-11(9)15-12/h1-8,15H,(H,14,16). The Morgan fingerprint density at radius 3 is 2.69 bits per heavy atom. The Balaban J connectivity index is 2.23. The van der Waals surface area contributed by atoms with Crippen molar-refractivity contribution >= 4 is 23.1 Å². The highest BCUT2D eigenvalue weighted by Crippen LogP contribution is 2.23. The molecule has 0 radical (unpaired) electrons. The smallest absolute Gasteiger partial charge is 0.103 e. The van der Waals surface area contributed by atoms with Gasteiger partial charge in [0.1, 0.15) is 4.64 Å². The summed E-state index contributed by atoms with van der Waals surface area (Å²) < 4.78 is 0.746. The number of rotatable bonds is 1. The van der Waals surface area contributed by atoms with E-state index in [4.69, 9.17) is 12.2 Å². The van der Waals surface area contributed by atoms with Crippen LogP contribution in [0.4, 0.5) is 0 Å². The number of hydrogen-bond donors (Lipinski definition) is 2. The van der Waals surface area contributed by atoms with Crippen molar-refractivity contribution in [1.29, 1.82) is 0 Å². The Hall–Kier alpha value is -1.87. The molecule has 0 amide bonds. The first kappa shape index (κ1) is 9.36. The van der Waals surface area contributed by atoms with E-state index >= 15 is 0 Å². The van der Waals surface area contributed by atoms with Gasteiger partial charge in [-0.3, -0.25) is 0 Å². The average molecular weight is 226 g/mol. The Morgan fingerprint density at radius 2 is 1.88 bits per heavy atom. The van der Waals surface area contributed by atoms with Crippen molar-refractivity contribution < 1.29 is 0 Å². The first-order valence-electron chi connectivity index (χ1n) is 5.10. The van der Waals surface area contributed by atoms with Crippen molar-refractivity contribution in [2.45, 2.75) is 0 Å². The van der Waals surface area contributed by atoms with Crippen molar-refractivity contribution in [2.24, 2.45) is 0 Å². The molecule has 2 aromatic heterocycles. The van der Waals surface area contributed by atoms with Crippen LogP contribution in [-0.4, -0.2) is 9.97 Å². The molecule has 2 nitrogen and oxygen atoms in total. The van der Waals surface area contributed by atoms with Crippen molar-refractivity contribution in [3.63, 3.8) is 0 Å². The van der Waals surface area contributed by atoms with Gasteiger partial charge in [-0.25, -0.2) is 0 Å². The van der Waals surface area contributed by atoms with Crippen LogP contribution in [0.3, 0.4) is 0 Å². The van der Waals surface area contributed by atoms with Gasteiger partial charge < -0.3 is 9.97 Å². The van der Waals surface area contributed by atoms with Crippen LogP contribution in [0.1, 0.15) is 0 Å². The van der Waals surface area contributed by atoms with Crippen LogP contribution in [-0.2, 0) is 0 Å². The second-order valence-electron chi connectivity index (χ2n) is 3.71. The van der Waals surface area contributed by atoms with Crippen molar-refractivity contribution in [2.75, 3.05) is 0 Å². The molecule has 0 aliphatic rings. The third-order valence-corrected chi connectivity index (χ3v) is 2.85. The average Bonchev–Trinajstić information content (AvgIpc) is 2.72. The van der Waals surface area contributed by atoms with E-state index in [2.05, 4.69) is 28.2 Å². The molecule has 0 atom stereocenters. The highest BCUT2D eigenvalue weighted by molar-refractivity contribution is 7.71. The van der Waals surface area contributed by atoms with Gasteiger partial charge >= 0.3 is 0 Å². The monoisotopic (exact) mass is 226 g/mol. The summed E-state index contributed by atoms with van der Waals surface area (Å²) in [6.07, 6.45) is 1.86. The highest BCUT2D eigenvalue weighted by Gasteiger charge is 2.01. The highest BCUT2D eigenvalue weighted by atomic mass is 32.1. The number of H-pyrrole nitrogens is 2. The van der Waals surface area contributed by atoms with Gasteiger partial charge in [-0.2, -0.15) is 0 Å². The van der Waals surface area contributed by atoms with Crippen molar-refractivity contribution in [3.05, 3.63) is 53.3 Å². The second-order valence-corrected chi connectivity index (χ2v) is 4.15. The van der Waals surface area contributed by atoms with Gasteiger partial charge in [0.15, 0.2) is 0 Å². The van der Waals surface area contributed by atoms with E-state index < -0.39 is 0 Å². The summed E-state index contributed by atoms with van der Waals surface area (Å²) in [5, 5.41) is 1.22. The van der Waals surface area contributed by atoms with Crippen molar-refractivity contribution in [3.8, 4) is 11.3 Å². The fraction of sp³-hybridized carbons (Fsp3) is 0. The summed E-state index contributed by atoms with van der Waals surface area (Å²) in [6, 6.07) is 14.3. The van der Waals surface area contributed by atoms with E-state index in [1.54, 1.807) is 0 Å². The minimum atomic E-state index is 0.746. The number of benzene rings is 1. The summed E-state index contributed by atoms with van der Waals surface area (Å²) in [5.74, 6) is 0. The molecule has 0 unspecified atom stereocenters. The van der Waals surface area contributed by atoms with Gasteiger partial charge in [0.05, 0.1) is 0 Å². The Kier molecular flexibility index (Phi) is 2.11. The fourth-order valence-corrected chi connectivity index (χ4v) is 2.04. The number of aromatic nitrogens is 2. The third-order valence-electron chi connectivity index (χ3n) is 2.62.